The molecule has 13 heteroatoms. The molecule has 0 spiro atoms. The average molecular weight is 488 g/mol. The molecule has 1 aromatic rings. The summed E-state index contributed by atoms with van der Waals surface area (Å²) in [6.45, 7) is 3.34. The fourth-order valence-electron chi connectivity index (χ4n) is 4.64. The summed E-state index contributed by atoms with van der Waals surface area (Å²) in [6.07, 6.45) is 0.190. The number of rotatable bonds is 9. The van der Waals surface area contributed by atoms with Crippen LogP contribution in [0.5, 0.6) is 0 Å². The largest absolute Gasteiger partial charge is 0.465 e. The standard InChI is InChI=1S/C21H32F3N7O3/c1-12-11-30(2)7-8-31(12)19-15(22)17(26-18(27-19)16(23)24)28-29-20(32)14(10-25-21(33)34)9-13-5-3-4-6-13/h12-14,16,25H,3-11H2,1-2H3,(H,29,32)(H,33,34)(H,26,27,28)/t12-,14+/m0/s1. The highest BCUT2D eigenvalue weighted by molar-refractivity contribution is 5.80. The summed E-state index contributed by atoms with van der Waals surface area (Å²) < 4.78 is 42.2. The number of halogens is 3. The Kier molecular flexibility index (Phi) is 8.75. The minimum absolute atomic E-state index is 0.113. The Morgan fingerprint density at radius 1 is 1.21 bits per heavy atom. The zero-order chi connectivity index (χ0) is 24.8. The van der Waals surface area contributed by atoms with Gasteiger partial charge in [-0.3, -0.25) is 15.6 Å². The zero-order valence-electron chi connectivity index (χ0n) is 19.4. The molecule has 10 nitrogen and oxygen atoms in total. The molecule has 0 bridgehead atoms. The Balaban J connectivity index is 1.76. The van der Waals surface area contributed by atoms with E-state index in [1.165, 1.54) is 0 Å². The number of alkyl halides is 2. The van der Waals surface area contributed by atoms with E-state index in [-0.39, 0.29) is 24.3 Å². The van der Waals surface area contributed by atoms with Crippen molar-refractivity contribution < 1.29 is 27.9 Å². The molecule has 2 amide bonds. The molecule has 0 aromatic carbocycles. The van der Waals surface area contributed by atoms with Gasteiger partial charge in [0.25, 0.3) is 6.43 Å². The van der Waals surface area contributed by atoms with Gasteiger partial charge in [0.05, 0.1) is 5.92 Å². The average Bonchev–Trinajstić information content (AvgIpc) is 3.29. The van der Waals surface area contributed by atoms with E-state index in [1.54, 1.807) is 4.90 Å². The number of likely N-dealkylation sites (N-methyl/N-ethyl adjacent to an activating group) is 1. The first-order chi connectivity index (χ1) is 16.2. The molecule has 2 heterocycles. The van der Waals surface area contributed by atoms with E-state index in [0.29, 0.717) is 26.1 Å². The van der Waals surface area contributed by atoms with E-state index in [9.17, 15) is 18.4 Å². The predicted molar refractivity (Wildman–Crippen MR) is 119 cm³/mol. The van der Waals surface area contributed by atoms with Gasteiger partial charge in [0.1, 0.15) is 0 Å². The topological polar surface area (TPSA) is 123 Å². The van der Waals surface area contributed by atoms with E-state index in [4.69, 9.17) is 5.11 Å². The smallest absolute Gasteiger partial charge is 0.404 e. The van der Waals surface area contributed by atoms with E-state index in [2.05, 4.69) is 26.1 Å². The highest BCUT2D eigenvalue weighted by Gasteiger charge is 2.30. The van der Waals surface area contributed by atoms with Crippen molar-refractivity contribution in [1.82, 2.24) is 25.6 Å². The minimum Gasteiger partial charge on any atom is -0.465 e. The van der Waals surface area contributed by atoms with Gasteiger partial charge in [-0.2, -0.15) is 4.39 Å². The molecule has 1 aliphatic carbocycles. The number of nitrogens with zero attached hydrogens (tertiary/aromatic N) is 4. The van der Waals surface area contributed by atoms with Crippen molar-refractivity contribution >= 4 is 23.6 Å². The second-order valence-electron chi connectivity index (χ2n) is 9.06. The Labute approximate surface area is 196 Å². The van der Waals surface area contributed by atoms with Crippen molar-refractivity contribution in [2.45, 2.75) is 51.5 Å². The number of carbonyl (C=O) groups is 2. The van der Waals surface area contributed by atoms with E-state index in [1.807, 2.05) is 18.9 Å². The van der Waals surface area contributed by atoms with Crippen molar-refractivity contribution in [3.63, 3.8) is 0 Å². The molecule has 2 aliphatic rings. The summed E-state index contributed by atoms with van der Waals surface area (Å²) in [5, 5.41) is 11.1. The number of nitrogens with one attached hydrogen (secondary N) is 3. The van der Waals surface area contributed by atoms with Crippen LogP contribution < -0.4 is 21.1 Å². The van der Waals surface area contributed by atoms with Crippen molar-refractivity contribution in [2.24, 2.45) is 11.8 Å². The van der Waals surface area contributed by atoms with Crippen LogP contribution in [0.2, 0.25) is 0 Å². The zero-order valence-corrected chi connectivity index (χ0v) is 19.4. The number of hydrazine groups is 1. The molecule has 190 valence electrons. The van der Waals surface area contributed by atoms with Crippen LogP contribution in [0.15, 0.2) is 0 Å². The van der Waals surface area contributed by atoms with Crippen LogP contribution in [0.4, 0.5) is 29.6 Å². The fourth-order valence-corrected chi connectivity index (χ4v) is 4.64. The first-order valence-corrected chi connectivity index (χ1v) is 11.5. The second kappa shape index (κ2) is 11.5. The van der Waals surface area contributed by atoms with Gasteiger partial charge in [0.2, 0.25) is 11.7 Å². The van der Waals surface area contributed by atoms with Crippen molar-refractivity contribution in [3.05, 3.63) is 11.6 Å². The fraction of sp³-hybridized carbons (Fsp3) is 0.714. The molecule has 0 unspecified atom stereocenters. The van der Waals surface area contributed by atoms with E-state index >= 15 is 4.39 Å². The summed E-state index contributed by atoms with van der Waals surface area (Å²) in [5.74, 6) is -3.61. The minimum atomic E-state index is -3.03. The molecule has 1 aliphatic heterocycles. The van der Waals surface area contributed by atoms with Crippen LogP contribution in [0, 0.1) is 17.7 Å². The van der Waals surface area contributed by atoms with Crippen LogP contribution in [-0.2, 0) is 4.79 Å². The van der Waals surface area contributed by atoms with Gasteiger partial charge < -0.3 is 20.2 Å². The Hall–Kier alpha value is -2.83. The van der Waals surface area contributed by atoms with Gasteiger partial charge in [-0.1, -0.05) is 25.7 Å². The number of hydrogen-bond acceptors (Lipinski definition) is 7. The molecule has 2 atom stereocenters. The lowest BCUT2D eigenvalue weighted by atomic mass is 9.92. The first kappa shape index (κ1) is 25.8. The molecule has 0 radical (unpaired) electrons. The Morgan fingerprint density at radius 2 is 1.91 bits per heavy atom. The van der Waals surface area contributed by atoms with Crippen molar-refractivity contribution in [3.8, 4) is 0 Å². The number of aromatic nitrogens is 2. The van der Waals surface area contributed by atoms with Gasteiger partial charge in [-0.25, -0.2) is 23.5 Å². The highest BCUT2D eigenvalue weighted by Crippen LogP contribution is 2.31. The van der Waals surface area contributed by atoms with Gasteiger partial charge in [0, 0.05) is 32.2 Å². The lowest BCUT2D eigenvalue weighted by Gasteiger charge is -2.39. The second-order valence-corrected chi connectivity index (χ2v) is 9.06. The summed E-state index contributed by atoms with van der Waals surface area (Å²) >= 11 is 0. The Morgan fingerprint density at radius 3 is 2.53 bits per heavy atom. The van der Waals surface area contributed by atoms with Gasteiger partial charge in [-0.15, -0.1) is 0 Å². The third kappa shape index (κ3) is 6.61. The molecule has 34 heavy (non-hydrogen) atoms. The van der Waals surface area contributed by atoms with E-state index < -0.39 is 41.8 Å². The summed E-state index contributed by atoms with van der Waals surface area (Å²) in [5.41, 5.74) is 4.66. The van der Waals surface area contributed by atoms with Gasteiger partial charge in [0.15, 0.2) is 17.5 Å². The molecular formula is C21H32F3N7O3. The number of piperazine rings is 1. The maximum Gasteiger partial charge on any atom is 0.404 e. The lowest BCUT2D eigenvalue weighted by molar-refractivity contribution is -0.124. The molecule has 2 fully saturated rings. The number of carbonyl (C=O) groups excluding carboxylic acids is 1. The quantitative estimate of drug-likeness (QED) is 0.392. The molecule has 1 saturated carbocycles. The predicted octanol–water partition coefficient (Wildman–Crippen LogP) is 2.60. The van der Waals surface area contributed by atoms with Gasteiger partial charge in [-0.05, 0) is 26.3 Å². The third-order valence-electron chi connectivity index (χ3n) is 6.42. The highest BCUT2D eigenvalue weighted by atomic mass is 19.3. The summed E-state index contributed by atoms with van der Waals surface area (Å²) in [6, 6.07) is -0.172. The van der Waals surface area contributed by atoms with Crippen LogP contribution in [0.25, 0.3) is 0 Å². The van der Waals surface area contributed by atoms with Crippen LogP contribution in [0.3, 0.4) is 0 Å². The van der Waals surface area contributed by atoms with Crippen LogP contribution in [-0.4, -0.2) is 71.2 Å². The maximum atomic E-state index is 15.3. The third-order valence-corrected chi connectivity index (χ3v) is 6.42. The van der Waals surface area contributed by atoms with Crippen LogP contribution in [0.1, 0.15) is 51.3 Å². The Bertz CT molecular complexity index is 870. The van der Waals surface area contributed by atoms with Crippen molar-refractivity contribution in [1.29, 1.82) is 0 Å². The first-order valence-electron chi connectivity index (χ1n) is 11.5. The normalized spacial score (nSPS) is 20.4. The monoisotopic (exact) mass is 487 g/mol. The van der Waals surface area contributed by atoms with Crippen molar-refractivity contribution in [2.75, 3.05) is 43.6 Å². The van der Waals surface area contributed by atoms with Gasteiger partial charge >= 0.3 is 6.09 Å². The number of hydrogen-bond donors (Lipinski definition) is 4. The van der Waals surface area contributed by atoms with E-state index in [0.717, 1.165) is 25.7 Å². The van der Waals surface area contributed by atoms with Crippen LogP contribution >= 0.6 is 0 Å². The molecular weight excluding hydrogens is 455 g/mol. The molecule has 1 saturated heterocycles. The molecule has 4 N–H and O–H groups in total. The SMILES string of the molecule is C[C@H]1CN(C)CCN1c1nc(C(F)F)nc(NNC(=O)[C@@H](CNC(=O)O)CC2CCCC2)c1F. The lowest BCUT2D eigenvalue weighted by Crippen LogP contribution is -2.51. The maximum absolute atomic E-state index is 15.3. The number of carboxylic acid groups (broad SMARTS) is 1. The summed E-state index contributed by atoms with van der Waals surface area (Å²) in [4.78, 5) is 34.7. The summed E-state index contributed by atoms with van der Waals surface area (Å²) in [7, 11) is 1.92. The molecule has 1 aromatic heterocycles. The molecule has 3 rings (SSSR count). The number of anilines is 2. The number of amides is 2.